The number of anilines is 1. The third-order valence-corrected chi connectivity index (χ3v) is 6.36. The predicted molar refractivity (Wildman–Crippen MR) is 106 cm³/mol. The molecule has 1 aliphatic heterocycles. The van der Waals surface area contributed by atoms with Gasteiger partial charge in [-0.15, -0.1) is 0 Å². The summed E-state index contributed by atoms with van der Waals surface area (Å²) in [5.74, 6) is 0. The van der Waals surface area contributed by atoms with Crippen molar-refractivity contribution in [3.8, 4) is 6.07 Å². The maximum absolute atomic E-state index is 12.4. The topological polar surface area (TPSA) is 76.4 Å². The van der Waals surface area contributed by atoms with Crippen LogP contribution in [0.2, 0.25) is 0 Å². The van der Waals surface area contributed by atoms with Crippen molar-refractivity contribution in [1.82, 2.24) is 9.62 Å². The van der Waals surface area contributed by atoms with Crippen molar-refractivity contribution in [3.05, 3.63) is 60.2 Å². The van der Waals surface area contributed by atoms with Gasteiger partial charge in [0.25, 0.3) is 0 Å². The van der Waals surface area contributed by atoms with Crippen molar-refractivity contribution in [2.24, 2.45) is 0 Å². The summed E-state index contributed by atoms with van der Waals surface area (Å²) in [4.78, 5) is 4.84. The summed E-state index contributed by atoms with van der Waals surface area (Å²) in [6.07, 6.45) is 0. The van der Waals surface area contributed by atoms with E-state index >= 15 is 0 Å². The second-order valence-electron chi connectivity index (χ2n) is 6.70. The van der Waals surface area contributed by atoms with E-state index in [0.29, 0.717) is 12.1 Å². The molecule has 142 valence electrons. The van der Waals surface area contributed by atoms with E-state index in [2.05, 4.69) is 26.7 Å². The van der Waals surface area contributed by atoms with Crippen LogP contribution in [-0.2, 0) is 10.0 Å². The van der Waals surface area contributed by atoms with Crippen LogP contribution < -0.4 is 9.62 Å². The summed E-state index contributed by atoms with van der Waals surface area (Å²) < 4.78 is 27.6. The average molecular weight is 385 g/mol. The van der Waals surface area contributed by atoms with Crippen molar-refractivity contribution in [1.29, 1.82) is 5.26 Å². The first-order chi connectivity index (χ1) is 13.0. The quantitative estimate of drug-likeness (QED) is 0.825. The third kappa shape index (κ3) is 4.86. The van der Waals surface area contributed by atoms with Gasteiger partial charge in [0.05, 0.1) is 16.5 Å². The minimum Gasteiger partial charge on any atom is -0.369 e. The van der Waals surface area contributed by atoms with Gasteiger partial charge >= 0.3 is 0 Å². The van der Waals surface area contributed by atoms with Crippen LogP contribution in [0.4, 0.5) is 5.69 Å². The molecule has 7 heteroatoms. The maximum atomic E-state index is 12.4. The second kappa shape index (κ2) is 8.53. The molecule has 1 aliphatic rings. The molecule has 6 nitrogen and oxygen atoms in total. The van der Waals surface area contributed by atoms with E-state index in [1.807, 2.05) is 31.2 Å². The van der Waals surface area contributed by atoms with Crippen LogP contribution >= 0.6 is 0 Å². The minimum atomic E-state index is -3.57. The fourth-order valence-corrected chi connectivity index (χ4v) is 4.33. The molecule has 27 heavy (non-hydrogen) atoms. The Morgan fingerprint density at radius 3 is 2.26 bits per heavy atom. The Balaban J connectivity index is 1.52. The van der Waals surface area contributed by atoms with E-state index in [0.717, 1.165) is 26.2 Å². The number of rotatable bonds is 6. The van der Waals surface area contributed by atoms with Gasteiger partial charge in [-0.2, -0.15) is 5.26 Å². The highest BCUT2D eigenvalue weighted by Crippen LogP contribution is 2.17. The molecule has 0 aromatic heterocycles. The van der Waals surface area contributed by atoms with Crippen LogP contribution in [0.15, 0.2) is 59.5 Å². The molecule has 0 saturated carbocycles. The zero-order valence-electron chi connectivity index (χ0n) is 15.4. The van der Waals surface area contributed by atoms with E-state index in [4.69, 9.17) is 5.26 Å². The molecule has 1 unspecified atom stereocenters. The average Bonchev–Trinajstić information content (AvgIpc) is 2.73. The van der Waals surface area contributed by atoms with Gasteiger partial charge in [-0.3, -0.25) is 4.90 Å². The number of nitriles is 1. The standard InChI is InChI=1S/C20H24N4O2S/c1-17(16-22-27(25,26)20-9-7-18(15-21)8-10-20)23-11-13-24(14-12-23)19-5-3-2-4-6-19/h2-10,17,22H,11-14,16H2,1H3. The summed E-state index contributed by atoms with van der Waals surface area (Å²) in [5, 5.41) is 8.82. The number of sulfonamides is 1. The Morgan fingerprint density at radius 1 is 1.04 bits per heavy atom. The molecule has 0 amide bonds. The second-order valence-corrected chi connectivity index (χ2v) is 8.46. The minimum absolute atomic E-state index is 0.107. The maximum Gasteiger partial charge on any atom is 0.240 e. The highest BCUT2D eigenvalue weighted by molar-refractivity contribution is 7.89. The molecular weight excluding hydrogens is 360 g/mol. The van der Waals surface area contributed by atoms with Crippen LogP contribution in [-0.4, -0.2) is 52.1 Å². The number of nitrogens with one attached hydrogen (secondary N) is 1. The smallest absolute Gasteiger partial charge is 0.240 e. The van der Waals surface area contributed by atoms with E-state index < -0.39 is 10.0 Å². The van der Waals surface area contributed by atoms with Gasteiger partial charge in [-0.25, -0.2) is 13.1 Å². The van der Waals surface area contributed by atoms with E-state index in [-0.39, 0.29) is 10.9 Å². The summed E-state index contributed by atoms with van der Waals surface area (Å²) in [5.41, 5.74) is 1.67. The Hall–Kier alpha value is -2.40. The van der Waals surface area contributed by atoms with Gasteiger partial charge in [0.15, 0.2) is 0 Å². The molecule has 1 heterocycles. The third-order valence-electron chi connectivity index (χ3n) is 4.92. The zero-order chi connectivity index (χ0) is 19.3. The lowest BCUT2D eigenvalue weighted by molar-refractivity contribution is 0.198. The molecule has 2 aromatic rings. The first-order valence-electron chi connectivity index (χ1n) is 9.03. The van der Waals surface area contributed by atoms with Crippen LogP contribution in [0.25, 0.3) is 0 Å². The fraction of sp³-hybridized carbons (Fsp3) is 0.350. The Bertz CT molecular complexity index is 884. The van der Waals surface area contributed by atoms with Gasteiger partial charge in [-0.1, -0.05) is 18.2 Å². The highest BCUT2D eigenvalue weighted by atomic mass is 32.2. The molecule has 2 aromatic carbocycles. The predicted octanol–water partition coefficient (Wildman–Crippen LogP) is 2.05. The lowest BCUT2D eigenvalue weighted by Crippen LogP contribution is -2.52. The van der Waals surface area contributed by atoms with Crippen LogP contribution in [0.1, 0.15) is 12.5 Å². The van der Waals surface area contributed by atoms with Gasteiger partial charge in [-0.05, 0) is 43.3 Å². The van der Waals surface area contributed by atoms with Gasteiger partial charge in [0.2, 0.25) is 10.0 Å². The molecule has 1 fully saturated rings. The number of hydrogen-bond acceptors (Lipinski definition) is 5. The number of piperazine rings is 1. The molecule has 0 aliphatic carbocycles. The number of hydrogen-bond donors (Lipinski definition) is 1. The summed E-state index contributed by atoms with van der Waals surface area (Å²) in [6, 6.07) is 18.4. The molecule has 1 atom stereocenters. The Kier molecular flexibility index (Phi) is 6.11. The van der Waals surface area contributed by atoms with E-state index in [9.17, 15) is 8.42 Å². The Morgan fingerprint density at radius 2 is 1.67 bits per heavy atom. The molecule has 0 bridgehead atoms. The summed E-state index contributed by atoms with van der Waals surface area (Å²) >= 11 is 0. The van der Waals surface area contributed by atoms with Crippen molar-refractivity contribution in [3.63, 3.8) is 0 Å². The van der Waals surface area contributed by atoms with Crippen LogP contribution in [0.5, 0.6) is 0 Å². The van der Waals surface area contributed by atoms with Gasteiger partial charge in [0, 0.05) is 44.5 Å². The number of para-hydroxylation sites is 1. The lowest BCUT2D eigenvalue weighted by Gasteiger charge is -2.39. The van der Waals surface area contributed by atoms with E-state index in [1.54, 1.807) is 0 Å². The summed E-state index contributed by atoms with van der Waals surface area (Å²) in [6.45, 7) is 6.05. The van der Waals surface area contributed by atoms with Crippen molar-refractivity contribution < 1.29 is 8.42 Å². The zero-order valence-corrected chi connectivity index (χ0v) is 16.2. The number of benzene rings is 2. The lowest BCUT2D eigenvalue weighted by atomic mass is 10.2. The van der Waals surface area contributed by atoms with Crippen molar-refractivity contribution in [2.75, 3.05) is 37.6 Å². The van der Waals surface area contributed by atoms with Gasteiger partial charge in [0.1, 0.15) is 0 Å². The monoisotopic (exact) mass is 384 g/mol. The summed E-state index contributed by atoms with van der Waals surface area (Å²) in [7, 11) is -3.57. The van der Waals surface area contributed by atoms with Crippen molar-refractivity contribution >= 4 is 15.7 Å². The van der Waals surface area contributed by atoms with Crippen LogP contribution in [0, 0.1) is 11.3 Å². The molecule has 3 rings (SSSR count). The molecule has 0 radical (unpaired) electrons. The van der Waals surface area contributed by atoms with E-state index in [1.165, 1.54) is 30.0 Å². The first-order valence-corrected chi connectivity index (χ1v) is 10.5. The number of nitrogens with zero attached hydrogens (tertiary/aromatic N) is 3. The van der Waals surface area contributed by atoms with Crippen LogP contribution in [0.3, 0.4) is 0 Å². The van der Waals surface area contributed by atoms with Gasteiger partial charge < -0.3 is 4.90 Å². The molecular formula is C20H24N4O2S. The first kappa shape index (κ1) is 19.4. The fourth-order valence-electron chi connectivity index (χ4n) is 3.21. The largest absolute Gasteiger partial charge is 0.369 e. The highest BCUT2D eigenvalue weighted by Gasteiger charge is 2.23. The SMILES string of the molecule is CC(CNS(=O)(=O)c1ccc(C#N)cc1)N1CCN(c2ccccc2)CC1. The molecule has 1 saturated heterocycles. The van der Waals surface area contributed by atoms with Crippen molar-refractivity contribution in [2.45, 2.75) is 17.9 Å². The molecule has 0 spiro atoms. The normalized spacial score (nSPS) is 16.7. The Labute approximate surface area is 161 Å². The molecule has 1 N–H and O–H groups in total.